The van der Waals surface area contributed by atoms with Gasteiger partial charge in [-0.2, -0.15) is 0 Å². The van der Waals surface area contributed by atoms with Crippen molar-refractivity contribution < 1.29 is 19.8 Å². The van der Waals surface area contributed by atoms with Crippen LogP contribution in [0.5, 0.6) is 0 Å². The molecular formula is C9H12N2O4S. The first-order valence-electron chi connectivity index (χ1n) is 4.59. The molecule has 2 N–H and O–H groups in total. The van der Waals surface area contributed by atoms with Crippen LogP contribution in [0.2, 0.25) is 0 Å². The molecule has 16 heavy (non-hydrogen) atoms. The number of aliphatic carboxylic acids is 2. The van der Waals surface area contributed by atoms with Gasteiger partial charge in [0.25, 0.3) is 0 Å². The fraction of sp³-hybridized carbons (Fsp3) is 0.444. The van der Waals surface area contributed by atoms with Gasteiger partial charge in [0.2, 0.25) is 0 Å². The fourth-order valence-corrected chi connectivity index (χ4v) is 1.81. The maximum Gasteiger partial charge on any atom is 0.323 e. The summed E-state index contributed by atoms with van der Waals surface area (Å²) in [6.45, 7) is 1.42. The van der Waals surface area contributed by atoms with Gasteiger partial charge in [0.1, 0.15) is 6.54 Å². The Balaban J connectivity index is 2.72. The van der Waals surface area contributed by atoms with E-state index in [-0.39, 0.29) is 13.1 Å². The third kappa shape index (κ3) is 3.50. The standard InChI is InChI=1S/C9H12N2O4S/c1-6(8(14)15)4-11(5-7(12)13)9-10-2-3-16-9/h2-3,6H,4-5H2,1H3,(H,12,13)(H,14,15). The molecule has 88 valence electrons. The van der Waals surface area contributed by atoms with Gasteiger partial charge >= 0.3 is 11.9 Å². The van der Waals surface area contributed by atoms with Gasteiger partial charge < -0.3 is 15.1 Å². The normalized spacial score (nSPS) is 12.1. The summed E-state index contributed by atoms with van der Waals surface area (Å²) in [5, 5.41) is 19.7. The number of nitrogens with zero attached hydrogens (tertiary/aromatic N) is 2. The minimum absolute atomic E-state index is 0.134. The van der Waals surface area contributed by atoms with Crippen LogP contribution in [0.25, 0.3) is 0 Å². The highest BCUT2D eigenvalue weighted by Crippen LogP contribution is 2.18. The van der Waals surface area contributed by atoms with Crippen LogP contribution in [-0.4, -0.2) is 40.2 Å². The van der Waals surface area contributed by atoms with Crippen LogP contribution in [-0.2, 0) is 9.59 Å². The van der Waals surface area contributed by atoms with E-state index in [9.17, 15) is 9.59 Å². The molecule has 0 bridgehead atoms. The van der Waals surface area contributed by atoms with E-state index in [1.165, 1.54) is 23.2 Å². The van der Waals surface area contributed by atoms with Crippen LogP contribution >= 0.6 is 11.3 Å². The Morgan fingerprint density at radius 1 is 1.56 bits per heavy atom. The molecule has 1 heterocycles. The molecule has 0 aromatic carbocycles. The van der Waals surface area contributed by atoms with Crippen molar-refractivity contribution in [1.82, 2.24) is 4.98 Å². The van der Waals surface area contributed by atoms with Crippen LogP contribution in [0.1, 0.15) is 6.92 Å². The van der Waals surface area contributed by atoms with Crippen LogP contribution in [0, 0.1) is 5.92 Å². The first-order valence-corrected chi connectivity index (χ1v) is 5.47. The lowest BCUT2D eigenvalue weighted by atomic mass is 10.2. The van der Waals surface area contributed by atoms with Gasteiger partial charge in [-0.1, -0.05) is 6.92 Å². The lowest BCUT2D eigenvalue weighted by Gasteiger charge is -2.21. The summed E-state index contributed by atoms with van der Waals surface area (Å²) in [6, 6.07) is 0. The number of carboxylic acids is 2. The molecule has 0 spiro atoms. The van der Waals surface area contributed by atoms with E-state index in [4.69, 9.17) is 10.2 Å². The molecule has 0 saturated heterocycles. The van der Waals surface area contributed by atoms with Crippen LogP contribution in [0.3, 0.4) is 0 Å². The van der Waals surface area contributed by atoms with Gasteiger partial charge in [0, 0.05) is 18.1 Å². The number of hydrogen-bond donors (Lipinski definition) is 2. The molecule has 0 aliphatic rings. The first-order chi connectivity index (χ1) is 7.50. The van der Waals surface area contributed by atoms with E-state index >= 15 is 0 Å². The molecule has 7 heteroatoms. The molecule has 1 rings (SSSR count). The lowest BCUT2D eigenvalue weighted by molar-refractivity contribution is -0.141. The zero-order valence-corrected chi connectivity index (χ0v) is 9.48. The van der Waals surface area contributed by atoms with E-state index in [2.05, 4.69) is 4.98 Å². The molecule has 1 unspecified atom stereocenters. The number of hydrogen-bond acceptors (Lipinski definition) is 5. The monoisotopic (exact) mass is 244 g/mol. The molecule has 1 atom stereocenters. The molecule has 0 aliphatic carbocycles. The summed E-state index contributed by atoms with van der Waals surface area (Å²) >= 11 is 1.29. The highest BCUT2D eigenvalue weighted by Gasteiger charge is 2.19. The summed E-state index contributed by atoms with van der Waals surface area (Å²) in [5.74, 6) is -2.59. The summed E-state index contributed by atoms with van der Waals surface area (Å²) in [5.41, 5.74) is 0. The Bertz CT molecular complexity index is 366. The summed E-state index contributed by atoms with van der Waals surface area (Å²) in [4.78, 5) is 26.8. The van der Waals surface area contributed by atoms with Crippen molar-refractivity contribution in [2.45, 2.75) is 6.92 Å². The third-order valence-electron chi connectivity index (χ3n) is 1.93. The maximum absolute atomic E-state index is 10.7. The van der Waals surface area contributed by atoms with E-state index in [0.717, 1.165) is 0 Å². The number of aromatic nitrogens is 1. The molecule has 0 radical (unpaired) electrons. The Morgan fingerprint density at radius 2 is 2.25 bits per heavy atom. The Hall–Kier alpha value is -1.63. The van der Waals surface area contributed by atoms with E-state index in [1.54, 1.807) is 11.6 Å². The van der Waals surface area contributed by atoms with Crippen LogP contribution in [0.4, 0.5) is 5.13 Å². The molecule has 0 fully saturated rings. The predicted molar refractivity (Wildman–Crippen MR) is 58.8 cm³/mol. The number of anilines is 1. The highest BCUT2D eigenvalue weighted by molar-refractivity contribution is 7.13. The first kappa shape index (κ1) is 12.4. The van der Waals surface area contributed by atoms with Gasteiger partial charge in [-0.3, -0.25) is 9.59 Å². The quantitative estimate of drug-likeness (QED) is 0.767. The number of rotatable bonds is 6. The second-order valence-corrected chi connectivity index (χ2v) is 4.20. The van der Waals surface area contributed by atoms with Crippen molar-refractivity contribution >= 4 is 28.4 Å². The SMILES string of the molecule is CC(CN(CC(=O)O)c1nccs1)C(=O)O. The molecule has 6 nitrogen and oxygen atoms in total. The van der Waals surface area contributed by atoms with Gasteiger partial charge in [0.15, 0.2) is 5.13 Å². The van der Waals surface area contributed by atoms with Crippen molar-refractivity contribution in [3.8, 4) is 0 Å². The molecule has 0 aliphatic heterocycles. The van der Waals surface area contributed by atoms with Gasteiger partial charge in [-0.15, -0.1) is 11.3 Å². The topological polar surface area (TPSA) is 90.7 Å². The zero-order valence-electron chi connectivity index (χ0n) is 8.66. The number of carboxylic acid groups (broad SMARTS) is 2. The van der Waals surface area contributed by atoms with E-state index < -0.39 is 17.9 Å². The minimum Gasteiger partial charge on any atom is -0.481 e. The Labute approximate surface area is 96.2 Å². The molecule has 1 aromatic rings. The van der Waals surface area contributed by atoms with Gasteiger partial charge in [0.05, 0.1) is 5.92 Å². The van der Waals surface area contributed by atoms with E-state index in [0.29, 0.717) is 5.13 Å². The summed E-state index contributed by atoms with van der Waals surface area (Å²) < 4.78 is 0. The fourth-order valence-electron chi connectivity index (χ4n) is 1.15. The largest absolute Gasteiger partial charge is 0.481 e. The predicted octanol–water partition coefficient (Wildman–Crippen LogP) is 0.755. The van der Waals surface area contributed by atoms with Crippen molar-refractivity contribution in [3.05, 3.63) is 11.6 Å². The van der Waals surface area contributed by atoms with Crippen molar-refractivity contribution in [2.75, 3.05) is 18.0 Å². The number of thiazole rings is 1. The molecular weight excluding hydrogens is 232 g/mol. The Morgan fingerprint density at radius 3 is 2.69 bits per heavy atom. The van der Waals surface area contributed by atoms with Crippen molar-refractivity contribution in [3.63, 3.8) is 0 Å². The maximum atomic E-state index is 10.7. The van der Waals surface area contributed by atoms with Gasteiger partial charge in [-0.25, -0.2) is 4.98 Å². The number of carbonyl (C=O) groups is 2. The van der Waals surface area contributed by atoms with Crippen LogP contribution in [0.15, 0.2) is 11.6 Å². The molecule has 0 saturated carbocycles. The molecule has 0 amide bonds. The summed E-state index contributed by atoms with van der Waals surface area (Å²) in [7, 11) is 0. The zero-order chi connectivity index (χ0) is 12.1. The highest BCUT2D eigenvalue weighted by atomic mass is 32.1. The Kier molecular flexibility index (Phi) is 4.24. The molecule has 1 aromatic heterocycles. The summed E-state index contributed by atoms with van der Waals surface area (Å²) in [6.07, 6.45) is 1.56. The average molecular weight is 244 g/mol. The second-order valence-electron chi connectivity index (χ2n) is 3.33. The van der Waals surface area contributed by atoms with Crippen molar-refractivity contribution in [1.29, 1.82) is 0 Å². The minimum atomic E-state index is -1.01. The van der Waals surface area contributed by atoms with E-state index in [1.807, 2.05) is 0 Å². The smallest absolute Gasteiger partial charge is 0.323 e. The average Bonchev–Trinajstić information content (AvgIpc) is 2.68. The van der Waals surface area contributed by atoms with Crippen LogP contribution < -0.4 is 4.90 Å². The van der Waals surface area contributed by atoms with Crippen molar-refractivity contribution in [2.24, 2.45) is 5.92 Å². The lowest BCUT2D eigenvalue weighted by Crippen LogP contribution is -2.35. The third-order valence-corrected chi connectivity index (χ3v) is 2.76. The van der Waals surface area contributed by atoms with Gasteiger partial charge in [-0.05, 0) is 0 Å². The second kappa shape index (κ2) is 5.45.